The van der Waals surface area contributed by atoms with Crippen LogP contribution in [-0.2, 0) is 11.3 Å². The molecule has 5 heteroatoms. The van der Waals surface area contributed by atoms with Gasteiger partial charge in [-0.05, 0) is 31.5 Å². The lowest BCUT2D eigenvalue weighted by Gasteiger charge is -2.42. The van der Waals surface area contributed by atoms with E-state index in [9.17, 15) is 9.50 Å². The molecule has 1 heterocycles. The summed E-state index contributed by atoms with van der Waals surface area (Å²) in [5, 5.41) is 18.1. The molecule has 0 spiro atoms. The minimum absolute atomic E-state index is 0.0210. The molecule has 108 valence electrons. The second-order valence-electron chi connectivity index (χ2n) is 5.78. The molecule has 0 aliphatic carbocycles. The summed E-state index contributed by atoms with van der Waals surface area (Å²) in [4.78, 5) is 2.15. The highest BCUT2D eigenvalue weighted by Crippen LogP contribution is 2.22. The fourth-order valence-electron chi connectivity index (χ4n) is 2.65. The molecule has 0 radical (unpaired) electrons. The van der Waals surface area contributed by atoms with Gasteiger partial charge in [-0.15, -0.1) is 0 Å². The summed E-state index contributed by atoms with van der Waals surface area (Å²) in [5.41, 5.74) is 0.620. The first kappa shape index (κ1) is 14.9. The molecule has 0 bridgehead atoms. The molecule has 20 heavy (non-hydrogen) atoms. The Balaban J connectivity index is 2.11. The van der Waals surface area contributed by atoms with E-state index < -0.39 is 5.82 Å². The van der Waals surface area contributed by atoms with Crippen molar-refractivity contribution in [3.05, 3.63) is 35.1 Å². The number of hydrogen-bond acceptors (Lipinski definition) is 4. The molecule has 1 aromatic rings. The number of hydrogen-bond donors (Lipinski definition) is 1. The first-order valence-corrected chi connectivity index (χ1v) is 6.63. The van der Waals surface area contributed by atoms with E-state index in [1.54, 1.807) is 12.1 Å². The van der Waals surface area contributed by atoms with Crippen molar-refractivity contribution in [2.45, 2.75) is 32.1 Å². The van der Waals surface area contributed by atoms with E-state index in [1.165, 1.54) is 6.07 Å². The highest BCUT2D eigenvalue weighted by atomic mass is 19.1. The van der Waals surface area contributed by atoms with Gasteiger partial charge >= 0.3 is 0 Å². The molecule has 2 rings (SSSR count). The highest BCUT2D eigenvalue weighted by molar-refractivity contribution is 5.34. The number of aliphatic hydroxyl groups is 1. The van der Waals surface area contributed by atoms with E-state index in [1.807, 2.05) is 19.9 Å². The number of morpholine rings is 1. The molecule has 1 unspecified atom stereocenters. The lowest BCUT2D eigenvalue weighted by atomic mass is 10.0. The van der Waals surface area contributed by atoms with Crippen molar-refractivity contribution < 1.29 is 14.2 Å². The van der Waals surface area contributed by atoms with E-state index in [0.717, 1.165) is 12.1 Å². The largest absolute Gasteiger partial charge is 0.394 e. The van der Waals surface area contributed by atoms with Crippen LogP contribution < -0.4 is 0 Å². The van der Waals surface area contributed by atoms with Crippen LogP contribution in [0.25, 0.3) is 0 Å². The molecule has 1 aliphatic heterocycles. The first-order chi connectivity index (χ1) is 9.43. The van der Waals surface area contributed by atoms with Gasteiger partial charge in [0.2, 0.25) is 0 Å². The Morgan fingerprint density at radius 1 is 1.55 bits per heavy atom. The van der Waals surface area contributed by atoms with E-state index in [0.29, 0.717) is 13.1 Å². The summed E-state index contributed by atoms with van der Waals surface area (Å²) >= 11 is 0. The second-order valence-corrected chi connectivity index (χ2v) is 5.78. The summed E-state index contributed by atoms with van der Waals surface area (Å²) in [6.07, 6.45) is -0.213. The van der Waals surface area contributed by atoms with E-state index in [-0.39, 0.29) is 23.9 Å². The molecular formula is C15H19FN2O2. The summed E-state index contributed by atoms with van der Waals surface area (Å²) in [6.45, 7) is 5.90. The molecule has 0 aromatic heterocycles. The quantitative estimate of drug-likeness (QED) is 0.913. The van der Waals surface area contributed by atoms with Crippen LogP contribution in [0.15, 0.2) is 18.2 Å². The van der Waals surface area contributed by atoms with Crippen LogP contribution in [0.1, 0.15) is 25.0 Å². The average molecular weight is 278 g/mol. The van der Waals surface area contributed by atoms with Crippen LogP contribution in [0, 0.1) is 17.1 Å². The van der Waals surface area contributed by atoms with Gasteiger partial charge < -0.3 is 9.84 Å². The van der Waals surface area contributed by atoms with Crippen LogP contribution in [0.4, 0.5) is 4.39 Å². The number of nitrogens with zero attached hydrogens (tertiary/aromatic N) is 2. The zero-order chi connectivity index (χ0) is 14.8. The Hall–Kier alpha value is -1.48. The number of aliphatic hydroxyl groups excluding tert-OH is 1. The van der Waals surface area contributed by atoms with Gasteiger partial charge in [0.25, 0.3) is 0 Å². The fourth-order valence-corrected chi connectivity index (χ4v) is 2.65. The van der Waals surface area contributed by atoms with Crippen LogP contribution in [0.5, 0.6) is 0 Å². The molecule has 4 nitrogen and oxygen atoms in total. The molecule has 1 fully saturated rings. The zero-order valence-corrected chi connectivity index (χ0v) is 11.8. The smallest absolute Gasteiger partial charge is 0.140 e. The maximum Gasteiger partial charge on any atom is 0.140 e. The third-order valence-electron chi connectivity index (χ3n) is 3.31. The third kappa shape index (κ3) is 3.54. The van der Waals surface area contributed by atoms with Crippen molar-refractivity contribution in [3.8, 4) is 6.07 Å². The standard InChI is InChI=1S/C15H19FN2O2/c1-15(2)10-18(8-13(9-19)20-15)7-11-3-4-14(16)12(5-11)6-17/h3-5,13,19H,7-10H2,1-2H3. The van der Waals surface area contributed by atoms with Crippen LogP contribution >= 0.6 is 0 Å². The Morgan fingerprint density at radius 2 is 2.30 bits per heavy atom. The van der Waals surface area contributed by atoms with Gasteiger partial charge in [0, 0.05) is 19.6 Å². The molecule has 1 N–H and O–H groups in total. The number of ether oxygens (including phenoxy) is 1. The van der Waals surface area contributed by atoms with Gasteiger partial charge in [0.15, 0.2) is 0 Å². The minimum Gasteiger partial charge on any atom is -0.394 e. The van der Waals surface area contributed by atoms with Crippen molar-refractivity contribution in [2.75, 3.05) is 19.7 Å². The minimum atomic E-state index is -0.494. The monoisotopic (exact) mass is 278 g/mol. The maximum absolute atomic E-state index is 13.3. The molecule has 0 saturated carbocycles. The third-order valence-corrected chi connectivity index (χ3v) is 3.31. The van der Waals surface area contributed by atoms with Crippen molar-refractivity contribution in [3.63, 3.8) is 0 Å². The van der Waals surface area contributed by atoms with Gasteiger partial charge in [-0.3, -0.25) is 4.90 Å². The van der Waals surface area contributed by atoms with Gasteiger partial charge in [-0.2, -0.15) is 5.26 Å². The topological polar surface area (TPSA) is 56.5 Å². The summed E-state index contributed by atoms with van der Waals surface area (Å²) in [5.74, 6) is -0.494. The number of benzene rings is 1. The predicted molar refractivity (Wildman–Crippen MR) is 72.4 cm³/mol. The normalized spacial score (nSPS) is 22.4. The second kappa shape index (κ2) is 5.88. The van der Waals surface area contributed by atoms with Crippen LogP contribution in [0.3, 0.4) is 0 Å². The molecule has 1 aliphatic rings. The Kier molecular flexibility index (Phi) is 4.39. The zero-order valence-electron chi connectivity index (χ0n) is 11.8. The molecule has 1 aromatic carbocycles. The Morgan fingerprint density at radius 3 is 2.95 bits per heavy atom. The van der Waals surface area contributed by atoms with E-state index in [2.05, 4.69) is 4.90 Å². The Labute approximate surface area is 118 Å². The number of halogens is 1. The van der Waals surface area contributed by atoms with Crippen molar-refractivity contribution in [2.24, 2.45) is 0 Å². The number of rotatable bonds is 3. The maximum atomic E-state index is 13.3. The summed E-state index contributed by atoms with van der Waals surface area (Å²) < 4.78 is 19.0. The molecule has 0 amide bonds. The summed E-state index contributed by atoms with van der Waals surface area (Å²) in [7, 11) is 0. The molecular weight excluding hydrogens is 259 g/mol. The van der Waals surface area contributed by atoms with Crippen molar-refractivity contribution in [1.82, 2.24) is 4.90 Å². The lowest BCUT2D eigenvalue weighted by Crippen LogP contribution is -2.53. The predicted octanol–water partition coefficient (Wildman–Crippen LogP) is 1.67. The average Bonchev–Trinajstić information content (AvgIpc) is 2.39. The summed E-state index contributed by atoms with van der Waals surface area (Å²) in [6, 6.07) is 6.44. The number of nitriles is 1. The lowest BCUT2D eigenvalue weighted by molar-refractivity contribution is -0.150. The van der Waals surface area contributed by atoms with E-state index >= 15 is 0 Å². The highest BCUT2D eigenvalue weighted by Gasteiger charge is 2.32. The SMILES string of the molecule is CC1(C)CN(Cc2ccc(F)c(C#N)c2)CC(CO)O1. The van der Waals surface area contributed by atoms with Gasteiger partial charge in [0.1, 0.15) is 11.9 Å². The molecule has 1 saturated heterocycles. The fraction of sp³-hybridized carbons (Fsp3) is 0.533. The first-order valence-electron chi connectivity index (χ1n) is 6.63. The molecule has 1 atom stereocenters. The Bertz CT molecular complexity index is 525. The van der Waals surface area contributed by atoms with Gasteiger partial charge in [-0.25, -0.2) is 4.39 Å². The van der Waals surface area contributed by atoms with Crippen LogP contribution in [0.2, 0.25) is 0 Å². The van der Waals surface area contributed by atoms with Crippen molar-refractivity contribution >= 4 is 0 Å². The van der Waals surface area contributed by atoms with Gasteiger partial charge in [-0.1, -0.05) is 6.07 Å². The van der Waals surface area contributed by atoms with E-state index in [4.69, 9.17) is 10.00 Å². The van der Waals surface area contributed by atoms with Crippen molar-refractivity contribution in [1.29, 1.82) is 5.26 Å². The van der Waals surface area contributed by atoms with Gasteiger partial charge in [0.05, 0.1) is 23.9 Å². The van der Waals surface area contributed by atoms with Crippen LogP contribution in [-0.4, -0.2) is 41.4 Å².